The summed E-state index contributed by atoms with van der Waals surface area (Å²) in [6.45, 7) is 2.00. The lowest BCUT2D eigenvalue weighted by Gasteiger charge is -2.02. The summed E-state index contributed by atoms with van der Waals surface area (Å²) in [4.78, 5) is 33.7. The molecule has 0 fully saturated rings. The molecule has 1 N–H and O–H groups in total. The summed E-state index contributed by atoms with van der Waals surface area (Å²) in [5, 5.41) is 5.30. The summed E-state index contributed by atoms with van der Waals surface area (Å²) in [6, 6.07) is 13.0. The molecule has 1 amide bonds. The van der Waals surface area contributed by atoms with Crippen molar-refractivity contribution in [3.63, 3.8) is 0 Å². The summed E-state index contributed by atoms with van der Waals surface area (Å²) in [7, 11) is 1.59. The molecular formula is C22H19N3O3S3. The van der Waals surface area contributed by atoms with Crippen molar-refractivity contribution in [3.05, 3.63) is 64.7 Å². The van der Waals surface area contributed by atoms with Crippen LogP contribution in [0.2, 0.25) is 0 Å². The van der Waals surface area contributed by atoms with Crippen LogP contribution in [0.1, 0.15) is 21.6 Å². The van der Waals surface area contributed by atoms with E-state index in [-0.39, 0.29) is 23.9 Å². The number of nitrogens with one attached hydrogen (secondary N) is 1. The van der Waals surface area contributed by atoms with Gasteiger partial charge in [-0.15, -0.1) is 11.3 Å². The number of Topliss-reactive ketones (excluding diaryl/α,β-unsaturated/α-hetero) is 1. The Balaban J connectivity index is 1.31. The first-order valence-electron chi connectivity index (χ1n) is 9.42. The normalized spacial score (nSPS) is 10.9. The standard InChI is InChI=1S/C22H19N3O3S3/c1-13-4-3-5-18-20(13)25-21(31-18)24-19(27)10-15-11-29-22(23-15)30-12-17(26)14-6-8-16(28-2)9-7-14/h3-9,11H,10,12H2,1-2H3,(H,24,25,27). The van der Waals surface area contributed by atoms with Gasteiger partial charge in [-0.05, 0) is 42.8 Å². The van der Waals surface area contributed by atoms with Gasteiger partial charge in [-0.1, -0.05) is 35.2 Å². The van der Waals surface area contributed by atoms with Gasteiger partial charge in [0.1, 0.15) is 5.75 Å². The van der Waals surface area contributed by atoms with Crippen molar-refractivity contribution < 1.29 is 14.3 Å². The molecule has 158 valence electrons. The van der Waals surface area contributed by atoms with Gasteiger partial charge in [0.25, 0.3) is 0 Å². The highest BCUT2D eigenvalue weighted by Crippen LogP contribution is 2.28. The lowest BCUT2D eigenvalue weighted by atomic mass is 10.1. The van der Waals surface area contributed by atoms with Gasteiger partial charge in [-0.2, -0.15) is 0 Å². The van der Waals surface area contributed by atoms with Crippen molar-refractivity contribution in [1.82, 2.24) is 9.97 Å². The number of anilines is 1. The third kappa shape index (κ3) is 5.30. The molecule has 2 heterocycles. The van der Waals surface area contributed by atoms with Crippen LogP contribution in [0.4, 0.5) is 5.13 Å². The quantitative estimate of drug-likeness (QED) is 0.281. The minimum Gasteiger partial charge on any atom is -0.497 e. The van der Waals surface area contributed by atoms with E-state index in [2.05, 4.69) is 15.3 Å². The maximum absolute atomic E-state index is 12.4. The highest BCUT2D eigenvalue weighted by Gasteiger charge is 2.13. The fraction of sp³-hybridized carbons (Fsp3) is 0.182. The first-order valence-corrected chi connectivity index (χ1v) is 12.1. The summed E-state index contributed by atoms with van der Waals surface area (Å²) < 4.78 is 6.92. The average Bonchev–Trinajstić information content (AvgIpc) is 3.39. The van der Waals surface area contributed by atoms with E-state index in [9.17, 15) is 9.59 Å². The molecule has 31 heavy (non-hydrogen) atoms. The molecule has 0 aliphatic carbocycles. The Morgan fingerprint density at radius 2 is 1.94 bits per heavy atom. The van der Waals surface area contributed by atoms with Crippen LogP contribution in [-0.4, -0.2) is 34.5 Å². The van der Waals surface area contributed by atoms with Crippen molar-refractivity contribution in [2.24, 2.45) is 0 Å². The number of fused-ring (bicyclic) bond motifs is 1. The van der Waals surface area contributed by atoms with Crippen LogP contribution < -0.4 is 10.1 Å². The number of amides is 1. The lowest BCUT2D eigenvalue weighted by molar-refractivity contribution is -0.115. The molecule has 2 aromatic carbocycles. The van der Waals surface area contributed by atoms with Gasteiger partial charge in [0.2, 0.25) is 5.91 Å². The van der Waals surface area contributed by atoms with E-state index in [0.717, 1.165) is 20.1 Å². The number of aryl methyl sites for hydroxylation is 1. The van der Waals surface area contributed by atoms with Crippen LogP contribution in [0.25, 0.3) is 10.2 Å². The number of benzene rings is 2. The Morgan fingerprint density at radius 1 is 1.13 bits per heavy atom. The van der Waals surface area contributed by atoms with E-state index < -0.39 is 0 Å². The van der Waals surface area contributed by atoms with Gasteiger partial charge < -0.3 is 10.1 Å². The molecule has 0 unspecified atom stereocenters. The van der Waals surface area contributed by atoms with Gasteiger partial charge in [-0.3, -0.25) is 9.59 Å². The maximum Gasteiger partial charge on any atom is 0.232 e. The van der Waals surface area contributed by atoms with E-state index in [1.807, 2.05) is 30.5 Å². The summed E-state index contributed by atoms with van der Waals surface area (Å²) in [5.41, 5.74) is 3.31. The molecule has 0 spiro atoms. The number of ether oxygens (including phenoxy) is 1. The Kier molecular flexibility index (Phi) is 6.64. The number of nitrogens with zero attached hydrogens (tertiary/aromatic N) is 2. The molecular weight excluding hydrogens is 450 g/mol. The zero-order chi connectivity index (χ0) is 21.8. The van der Waals surface area contributed by atoms with Gasteiger partial charge >= 0.3 is 0 Å². The molecule has 0 saturated heterocycles. The van der Waals surface area contributed by atoms with Crippen LogP contribution in [0.5, 0.6) is 5.75 Å². The minimum absolute atomic E-state index is 0.0216. The fourth-order valence-electron chi connectivity index (χ4n) is 2.89. The Labute approximate surface area is 191 Å². The molecule has 4 rings (SSSR count). The molecule has 2 aromatic heterocycles. The van der Waals surface area contributed by atoms with Crippen molar-refractivity contribution in [2.75, 3.05) is 18.2 Å². The molecule has 0 saturated carbocycles. The number of thiazole rings is 2. The zero-order valence-electron chi connectivity index (χ0n) is 16.9. The van der Waals surface area contributed by atoms with Crippen LogP contribution in [0.3, 0.4) is 0 Å². The monoisotopic (exact) mass is 469 g/mol. The van der Waals surface area contributed by atoms with Crippen molar-refractivity contribution in [2.45, 2.75) is 17.7 Å². The van der Waals surface area contributed by atoms with Crippen molar-refractivity contribution >= 4 is 61.5 Å². The number of carbonyl (C=O) groups is 2. The van der Waals surface area contributed by atoms with Gasteiger partial charge in [0.05, 0.1) is 35.2 Å². The molecule has 6 nitrogen and oxygen atoms in total. The SMILES string of the molecule is COc1ccc(C(=O)CSc2nc(CC(=O)Nc3nc4c(C)cccc4s3)cs2)cc1. The van der Waals surface area contributed by atoms with Crippen molar-refractivity contribution in [1.29, 1.82) is 0 Å². The zero-order valence-corrected chi connectivity index (χ0v) is 19.3. The Hall–Kier alpha value is -2.75. The number of methoxy groups -OCH3 is 1. The second-order valence-corrected chi connectivity index (χ2v) is 9.82. The minimum atomic E-state index is -0.159. The Morgan fingerprint density at radius 3 is 2.68 bits per heavy atom. The second-order valence-electron chi connectivity index (χ2n) is 6.71. The molecule has 0 bridgehead atoms. The molecule has 0 atom stereocenters. The number of para-hydroxylation sites is 1. The van der Waals surface area contributed by atoms with Crippen LogP contribution in [0.15, 0.2) is 52.2 Å². The van der Waals surface area contributed by atoms with E-state index in [1.54, 1.807) is 31.4 Å². The van der Waals surface area contributed by atoms with Gasteiger partial charge in [-0.25, -0.2) is 9.97 Å². The molecule has 0 radical (unpaired) electrons. The molecule has 9 heteroatoms. The topological polar surface area (TPSA) is 81.2 Å². The van der Waals surface area contributed by atoms with Gasteiger partial charge in [0.15, 0.2) is 15.3 Å². The van der Waals surface area contributed by atoms with Crippen molar-refractivity contribution in [3.8, 4) is 5.75 Å². The number of thioether (sulfide) groups is 1. The third-order valence-electron chi connectivity index (χ3n) is 4.48. The summed E-state index contributed by atoms with van der Waals surface area (Å²) >= 11 is 4.26. The molecule has 0 aliphatic heterocycles. The number of carbonyl (C=O) groups excluding carboxylic acids is 2. The molecule has 0 aliphatic rings. The van der Waals surface area contributed by atoms with Crippen LogP contribution in [0, 0.1) is 6.92 Å². The highest BCUT2D eigenvalue weighted by molar-refractivity contribution is 8.01. The maximum atomic E-state index is 12.4. The number of rotatable bonds is 8. The number of hydrogen-bond donors (Lipinski definition) is 1. The Bertz CT molecular complexity index is 1230. The highest BCUT2D eigenvalue weighted by atomic mass is 32.2. The fourth-order valence-corrected chi connectivity index (χ4v) is 5.59. The van der Waals surface area contributed by atoms with Crippen LogP contribution in [-0.2, 0) is 11.2 Å². The van der Waals surface area contributed by atoms with E-state index >= 15 is 0 Å². The average molecular weight is 470 g/mol. The van der Waals surface area contributed by atoms with E-state index in [1.165, 1.54) is 34.4 Å². The first-order chi connectivity index (χ1) is 15.0. The lowest BCUT2D eigenvalue weighted by Crippen LogP contribution is -2.14. The summed E-state index contributed by atoms with van der Waals surface area (Å²) in [6.07, 6.45) is 0.165. The second kappa shape index (κ2) is 9.59. The smallest absolute Gasteiger partial charge is 0.232 e. The van der Waals surface area contributed by atoms with Gasteiger partial charge in [0, 0.05) is 10.9 Å². The number of ketones is 1. The predicted molar refractivity (Wildman–Crippen MR) is 127 cm³/mol. The van der Waals surface area contributed by atoms with Crippen LogP contribution >= 0.6 is 34.4 Å². The first kappa shape index (κ1) is 21.5. The number of aromatic nitrogens is 2. The number of hydrogen-bond acceptors (Lipinski definition) is 8. The van der Waals surface area contributed by atoms with E-state index in [4.69, 9.17) is 4.74 Å². The summed E-state index contributed by atoms with van der Waals surface area (Å²) in [5.74, 6) is 0.866. The molecule has 4 aromatic rings. The predicted octanol–water partition coefficient (Wildman–Crippen LogP) is 5.23. The largest absolute Gasteiger partial charge is 0.497 e. The van der Waals surface area contributed by atoms with E-state index in [0.29, 0.717) is 22.1 Å². The third-order valence-corrected chi connectivity index (χ3v) is 7.48.